The van der Waals surface area contributed by atoms with Crippen molar-refractivity contribution in [2.24, 2.45) is 10.2 Å². The fourth-order valence-corrected chi connectivity index (χ4v) is 1.09. The van der Waals surface area contributed by atoms with Crippen LogP contribution in [0.5, 0.6) is 0 Å². The number of nitrogens with zero attached hydrogens (tertiary/aromatic N) is 2. The van der Waals surface area contributed by atoms with E-state index in [0.29, 0.717) is 0 Å². The maximum atomic E-state index is 4.07. The van der Waals surface area contributed by atoms with Crippen molar-refractivity contribution < 1.29 is 0 Å². The van der Waals surface area contributed by atoms with Gasteiger partial charge in [-0.05, 0) is 26.0 Å². The maximum Gasteiger partial charge on any atom is 0.0929 e. The highest BCUT2D eigenvalue weighted by Gasteiger charge is 1.96. The molecule has 0 aliphatic carbocycles. The lowest BCUT2D eigenvalue weighted by molar-refractivity contribution is 1.21. The Morgan fingerprint density at radius 1 is 1.36 bits per heavy atom. The van der Waals surface area contributed by atoms with Crippen LogP contribution in [0.3, 0.4) is 0 Å². The Morgan fingerprint density at radius 2 is 2.14 bits per heavy atom. The second-order valence-electron chi connectivity index (χ2n) is 2.96. The fourth-order valence-electron chi connectivity index (χ4n) is 1.09. The summed E-state index contributed by atoms with van der Waals surface area (Å²) in [6, 6.07) is 5.99. The first-order chi connectivity index (χ1) is 6.77. The smallest absolute Gasteiger partial charge is 0.0929 e. The average molecular weight is 186 g/mol. The molecule has 1 rings (SSSR count). The van der Waals surface area contributed by atoms with Crippen LogP contribution >= 0.6 is 0 Å². The Balaban J connectivity index is 3.02. The number of azo groups is 1. The second kappa shape index (κ2) is 5.12. The molecule has 0 unspecified atom stereocenters. The largest absolute Gasteiger partial charge is 0.159 e. The zero-order valence-electron chi connectivity index (χ0n) is 8.57. The van der Waals surface area contributed by atoms with E-state index in [1.807, 2.05) is 38.1 Å². The lowest BCUT2D eigenvalue weighted by Gasteiger charge is -1.99. The molecule has 0 radical (unpaired) electrons. The van der Waals surface area contributed by atoms with Gasteiger partial charge < -0.3 is 0 Å². The summed E-state index contributed by atoms with van der Waals surface area (Å²) in [5.41, 5.74) is 3.06. The SMILES string of the molecule is C=Cc1cc(C)ccc1N=N/C=C\C. The van der Waals surface area contributed by atoms with Crippen molar-refractivity contribution in [3.05, 3.63) is 48.2 Å². The Bertz CT molecular complexity index is 376. The summed E-state index contributed by atoms with van der Waals surface area (Å²) in [4.78, 5) is 0. The molecule has 0 aromatic heterocycles. The molecule has 0 saturated carbocycles. The normalized spacial score (nSPS) is 11.3. The first kappa shape index (κ1) is 10.4. The quantitative estimate of drug-likeness (QED) is 0.630. The summed E-state index contributed by atoms with van der Waals surface area (Å²) in [6.45, 7) is 7.69. The zero-order chi connectivity index (χ0) is 10.4. The van der Waals surface area contributed by atoms with Gasteiger partial charge in [0.1, 0.15) is 0 Å². The molecule has 0 N–H and O–H groups in total. The van der Waals surface area contributed by atoms with Gasteiger partial charge in [-0.3, -0.25) is 0 Å². The predicted molar refractivity (Wildman–Crippen MR) is 60.6 cm³/mol. The van der Waals surface area contributed by atoms with Gasteiger partial charge in [0, 0.05) is 11.8 Å². The van der Waals surface area contributed by atoms with Gasteiger partial charge in [0.2, 0.25) is 0 Å². The highest BCUT2D eigenvalue weighted by molar-refractivity contribution is 5.63. The minimum Gasteiger partial charge on any atom is -0.159 e. The third-order valence-corrected chi connectivity index (χ3v) is 1.78. The summed E-state index contributed by atoms with van der Waals surface area (Å²) in [7, 11) is 0. The van der Waals surface area contributed by atoms with Crippen molar-refractivity contribution in [3.8, 4) is 0 Å². The number of aryl methyl sites for hydroxylation is 1. The van der Waals surface area contributed by atoms with Crippen LogP contribution in [0.4, 0.5) is 5.69 Å². The minimum atomic E-state index is 0.851. The van der Waals surface area contributed by atoms with Crippen molar-refractivity contribution in [1.82, 2.24) is 0 Å². The highest BCUT2D eigenvalue weighted by atomic mass is 15.1. The molecule has 0 spiro atoms. The van der Waals surface area contributed by atoms with E-state index in [1.54, 1.807) is 12.3 Å². The standard InChI is InChI=1S/C12H14N2/c1-4-8-13-14-12-7-6-10(3)9-11(12)5-2/h4-9H,2H2,1,3H3/b8-4-,14-13?. The Hall–Kier alpha value is -1.70. The van der Waals surface area contributed by atoms with Crippen LogP contribution in [0.2, 0.25) is 0 Å². The van der Waals surface area contributed by atoms with Crippen molar-refractivity contribution in [1.29, 1.82) is 0 Å². The second-order valence-corrected chi connectivity index (χ2v) is 2.96. The third kappa shape index (κ3) is 2.66. The minimum absolute atomic E-state index is 0.851. The molecule has 0 atom stereocenters. The van der Waals surface area contributed by atoms with Crippen molar-refractivity contribution in [3.63, 3.8) is 0 Å². The van der Waals surface area contributed by atoms with E-state index < -0.39 is 0 Å². The molecule has 0 bridgehead atoms. The molecule has 1 aromatic carbocycles. The van der Waals surface area contributed by atoms with Crippen molar-refractivity contribution in [2.45, 2.75) is 13.8 Å². The average Bonchev–Trinajstić information content (AvgIpc) is 2.20. The molecule has 0 fully saturated rings. The maximum absolute atomic E-state index is 4.07. The van der Waals surface area contributed by atoms with Gasteiger partial charge in [-0.25, -0.2) is 0 Å². The Morgan fingerprint density at radius 3 is 2.79 bits per heavy atom. The lowest BCUT2D eigenvalue weighted by Crippen LogP contribution is -1.76. The van der Waals surface area contributed by atoms with E-state index >= 15 is 0 Å². The van der Waals surface area contributed by atoms with Crippen LogP contribution in [0.1, 0.15) is 18.1 Å². The van der Waals surface area contributed by atoms with Crippen molar-refractivity contribution >= 4 is 11.8 Å². The van der Waals surface area contributed by atoms with Crippen molar-refractivity contribution in [2.75, 3.05) is 0 Å². The van der Waals surface area contributed by atoms with Gasteiger partial charge in [0.25, 0.3) is 0 Å². The van der Waals surface area contributed by atoms with Crippen LogP contribution in [0, 0.1) is 6.92 Å². The molecule has 72 valence electrons. The lowest BCUT2D eigenvalue weighted by atomic mass is 10.1. The highest BCUT2D eigenvalue weighted by Crippen LogP contribution is 2.21. The molecule has 0 heterocycles. The summed E-state index contributed by atoms with van der Waals surface area (Å²) in [5, 5.41) is 7.97. The van der Waals surface area contributed by atoms with E-state index in [2.05, 4.69) is 16.8 Å². The van der Waals surface area contributed by atoms with Gasteiger partial charge >= 0.3 is 0 Å². The van der Waals surface area contributed by atoms with E-state index in [1.165, 1.54) is 5.56 Å². The summed E-state index contributed by atoms with van der Waals surface area (Å²) in [6.07, 6.45) is 5.29. The molecular formula is C12H14N2. The van der Waals surface area contributed by atoms with Gasteiger partial charge in [-0.2, -0.15) is 10.2 Å². The van der Waals surface area contributed by atoms with Crippen LogP contribution < -0.4 is 0 Å². The Labute approximate surface area is 84.7 Å². The summed E-state index contributed by atoms with van der Waals surface area (Å²) < 4.78 is 0. The molecule has 0 amide bonds. The summed E-state index contributed by atoms with van der Waals surface area (Å²) in [5.74, 6) is 0. The number of allylic oxidation sites excluding steroid dienone is 1. The van der Waals surface area contributed by atoms with E-state index in [0.717, 1.165) is 11.3 Å². The molecule has 0 aliphatic heterocycles. The van der Waals surface area contributed by atoms with Crippen LogP contribution in [0.25, 0.3) is 6.08 Å². The predicted octanol–water partition coefficient (Wildman–Crippen LogP) is 4.26. The number of hydrogen-bond acceptors (Lipinski definition) is 2. The molecule has 0 aliphatic rings. The molecule has 2 heteroatoms. The molecule has 2 nitrogen and oxygen atoms in total. The zero-order valence-corrected chi connectivity index (χ0v) is 8.57. The first-order valence-corrected chi connectivity index (χ1v) is 4.53. The molecular weight excluding hydrogens is 172 g/mol. The van der Waals surface area contributed by atoms with E-state index in [9.17, 15) is 0 Å². The number of hydrogen-bond donors (Lipinski definition) is 0. The van der Waals surface area contributed by atoms with E-state index in [-0.39, 0.29) is 0 Å². The number of benzene rings is 1. The summed E-state index contributed by atoms with van der Waals surface area (Å²) >= 11 is 0. The Kier molecular flexibility index (Phi) is 3.80. The molecule has 0 saturated heterocycles. The van der Waals surface area contributed by atoms with Gasteiger partial charge in [-0.1, -0.05) is 30.4 Å². The van der Waals surface area contributed by atoms with Crippen LogP contribution in [0.15, 0.2) is 47.3 Å². The number of rotatable bonds is 3. The van der Waals surface area contributed by atoms with Gasteiger partial charge in [0.15, 0.2) is 0 Å². The molecule has 1 aromatic rings. The topological polar surface area (TPSA) is 24.7 Å². The van der Waals surface area contributed by atoms with Gasteiger partial charge in [-0.15, -0.1) is 0 Å². The monoisotopic (exact) mass is 186 g/mol. The van der Waals surface area contributed by atoms with Crippen LogP contribution in [-0.4, -0.2) is 0 Å². The fraction of sp³-hybridized carbons (Fsp3) is 0.167. The first-order valence-electron chi connectivity index (χ1n) is 4.53. The molecule has 14 heavy (non-hydrogen) atoms. The third-order valence-electron chi connectivity index (χ3n) is 1.78. The van der Waals surface area contributed by atoms with E-state index in [4.69, 9.17) is 0 Å². The van der Waals surface area contributed by atoms with Crippen LogP contribution in [-0.2, 0) is 0 Å². The van der Waals surface area contributed by atoms with Gasteiger partial charge in [0.05, 0.1) is 5.69 Å².